The molecule has 0 amide bonds. The number of hydrogen-bond donors (Lipinski definition) is 1. The summed E-state index contributed by atoms with van der Waals surface area (Å²) in [5.41, 5.74) is 7.96. The van der Waals surface area contributed by atoms with Crippen LogP contribution in [0.5, 0.6) is 5.75 Å². The number of methoxy groups -OCH3 is 1. The third-order valence-electron chi connectivity index (χ3n) is 3.83. The Labute approximate surface area is 119 Å². The van der Waals surface area contributed by atoms with E-state index in [0.717, 1.165) is 11.1 Å². The highest BCUT2D eigenvalue weighted by Gasteiger charge is 2.30. The van der Waals surface area contributed by atoms with Crippen LogP contribution in [-0.4, -0.2) is 7.11 Å². The van der Waals surface area contributed by atoms with Gasteiger partial charge in [-0.2, -0.15) is 0 Å². The van der Waals surface area contributed by atoms with E-state index < -0.39 is 0 Å². The number of ether oxygens (including phenoxy) is 1. The Morgan fingerprint density at radius 3 is 2.30 bits per heavy atom. The number of hydrogen-bond acceptors (Lipinski definition) is 2. The second kappa shape index (κ2) is 5.63. The van der Waals surface area contributed by atoms with Crippen molar-refractivity contribution in [3.05, 3.63) is 65.5 Å². The van der Waals surface area contributed by atoms with Gasteiger partial charge in [0.2, 0.25) is 0 Å². The van der Waals surface area contributed by atoms with Gasteiger partial charge in [0.15, 0.2) is 11.6 Å². The Morgan fingerprint density at radius 1 is 1.10 bits per heavy atom. The maximum absolute atomic E-state index is 13.8. The van der Waals surface area contributed by atoms with E-state index in [1.165, 1.54) is 13.2 Å². The van der Waals surface area contributed by atoms with Crippen LogP contribution in [0.2, 0.25) is 0 Å². The van der Waals surface area contributed by atoms with Gasteiger partial charge in [0, 0.05) is 11.5 Å². The highest BCUT2D eigenvalue weighted by molar-refractivity contribution is 5.35. The molecule has 0 aromatic heterocycles. The predicted octanol–water partition coefficient (Wildman–Crippen LogP) is 3.81. The van der Waals surface area contributed by atoms with E-state index in [1.54, 1.807) is 6.07 Å². The molecule has 1 unspecified atom stereocenters. The van der Waals surface area contributed by atoms with Crippen LogP contribution in [0.15, 0.2) is 48.5 Å². The fraction of sp³-hybridized carbons (Fsp3) is 0.294. The van der Waals surface area contributed by atoms with Gasteiger partial charge in [0.1, 0.15) is 0 Å². The minimum Gasteiger partial charge on any atom is -0.494 e. The van der Waals surface area contributed by atoms with Gasteiger partial charge in [-0.25, -0.2) is 4.39 Å². The van der Waals surface area contributed by atoms with Crippen LogP contribution in [0, 0.1) is 5.82 Å². The maximum Gasteiger partial charge on any atom is 0.165 e. The van der Waals surface area contributed by atoms with Crippen LogP contribution < -0.4 is 10.5 Å². The molecule has 1 atom stereocenters. The van der Waals surface area contributed by atoms with Crippen LogP contribution in [0.25, 0.3) is 0 Å². The smallest absolute Gasteiger partial charge is 0.165 e. The van der Waals surface area contributed by atoms with E-state index >= 15 is 0 Å². The quantitative estimate of drug-likeness (QED) is 0.919. The molecule has 0 spiro atoms. The SMILES string of the molecule is COc1ccc(C(N)C(C)(C)c2ccccc2)cc1F. The minimum atomic E-state index is -0.385. The molecule has 0 radical (unpaired) electrons. The van der Waals surface area contributed by atoms with Crippen LogP contribution in [0.1, 0.15) is 31.0 Å². The van der Waals surface area contributed by atoms with Crippen molar-refractivity contribution < 1.29 is 9.13 Å². The zero-order valence-electron chi connectivity index (χ0n) is 12.1. The highest BCUT2D eigenvalue weighted by atomic mass is 19.1. The molecule has 0 bridgehead atoms. The maximum atomic E-state index is 13.8. The monoisotopic (exact) mass is 273 g/mol. The lowest BCUT2D eigenvalue weighted by Gasteiger charge is -2.32. The molecular weight excluding hydrogens is 253 g/mol. The topological polar surface area (TPSA) is 35.2 Å². The first-order valence-electron chi connectivity index (χ1n) is 6.61. The normalized spacial score (nSPS) is 13.1. The van der Waals surface area contributed by atoms with Gasteiger partial charge in [-0.05, 0) is 23.3 Å². The summed E-state index contributed by atoms with van der Waals surface area (Å²) in [6.45, 7) is 4.13. The van der Waals surface area contributed by atoms with Crippen molar-refractivity contribution in [2.45, 2.75) is 25.3 Å². The Balaban J connectivity index is 2.35. The molecule has 0 fully saturated rings. The first-order valence-corrected chi connectivity index (χ1v) is 6.61. The molecule has 0 aliphatic carbocycles. The molecule has 0 aliphatic rings. The van der Waals surface area contributed by atoms with Crippen molar-refractivity contribution in [1.82, 2.24) is 0 Å². The highest BCUT2D eigenvalue weighted by Crippen LogP contribution is 2.36. The molecule has 0 heterocycles. The molecule has 0 saturated carbocycles. The summed E-state index contributed by atoms with van der Waals surface area (Å²) in [6, 6.07) is 14.6. The largest absolute Gasteiger partial charge is 0.494 e. The van der Waals surface area contributed by atoms with Crippen LogP contribution >= 0.6 is 0 Å². The molecule has 2 nitrogen and oxygen atoms in total. The molecule has 2 rings (SSSR count). The summed E-state index contributed by atoms with van der Waals surface area (Å²) in [6.07, 6.45) is 0. The molecule has 2 aromatic rings. The summed E-state index contributed by atoms with van der Waals surface area (Å²) in [5.74, 6) is -0.150. The van der Waals surface area contributed by atoms with Crippen molar-refractivity contribution in [3.63, 3.8) is 0 Å². The van der Waals surface area contributed by atoms with Gasteiger partial charge in [-0.15, -0.1) is 0 Å². The van der Waals surface area contributed by atoms with Crippen molar-refractivity contribution in [2.24, 2.45) is 5.73 Å². The lowest BCUT2D eigenvalue weighted by atomic mass is 9.75. The summed E-state index contributed by atoms with van der Waals surface area (Å²) in [7, 11) is 1.45. The van der Waals surface area contributed by atoms with Crippen molar-refractivity contribution >= 4 is 0 Å². The third-order valence-corrected chi connectivity index (χ3v) is 3.83. The summed E-state index contributed by atoms with van der Waals surface area (Å²) < 4.78 is 18.8. The second-order valence-corrected chi connectivity index (χ2v) is 5.46. The summed E-state index contributed by atoms with van der Waals surface area (Å²) in [5, 5.41) is 0. The zero-order valence-corrected chi connectivity index (χ0v) is 12.1. The molecule has 2 N–H and O–H groups in total. The van der Waals surface area contributed by atoms with Crippen LogP contribution in [0.3, 0.4) is 0 Å². The van der Waals surface area contributed by atoms with Gasteiger partial charge in [0.25, 0.3) is 0 Å². The van der Waals surface area contributed by atoms with Crippen molar-refractivity contribution in [3.8, 4) is 5.75 Å². The molecular formula is C17H20FNO. The van der Waals surface area contributed by atoms with E-state index in [4.69, 9.17) is 10.5 Å². The minimum absolute atomic E-state index is 0.235. The van der Waals surface area contributed by atoms with Crippen LogP contribution in [-0.2, 0) is 5.41 Å². The summed E-state index contributed by atoms with van der Waals surface area (Å²) >= 11 is 0. The van der Waals surface area contributed by atoms with E-state index in [2.05, 4.69) is 13.8 Å². The lowest BCUT2D eigenvalue weighted by molar-refractivity contribution is 0.382. The van der Waals surface area contributed by atoms with Gasteiger partial charge in [-0.1, -0.05) is 50.2 Å². The third kappa shape index (κ3) is 2.68. The van der Waals surface area contributed by atoms with E-state index in [1.807, 2.05) is 36.4 Å². The molecule has 0 saturated heterocycles. The average Bonchev–Trinajstić information content (AvgIpc) is 2.47. The zero-order chi connectivity index (χ0) is 14.8. The Kier molecular flexibility index (Phi) is 4.09. The van der Waals surface area contributed by atoms with Crippen molar-refractivity contribution in [2.75, 3.05) is 7.11 Å². The number of halogens is 1. The molecule has 106 valence electrons. The number of nitrogens with two attached hydrogens (primary N) is 1. The Bertz CT molecular complexity index is 581. The van der Waals surface area contributed by atoms with E-state index in [9.17, 15) is 4.39 Å². The molecule has 3 heteroatoms. The first kappa shape index (κ1) is 14.5. The van der Waals surface area contributed by atoms with Crippen molar-refractivity contribution in [1.29, 1.82) is 0 Å². The van der Waals surface area contributed by atoms with Crippen LogP contribution in [0.4, 0.5) is 4.39 Å². The van der Waals surface area contributed by atoms with E-state index in [0.29, 0.717) is 0 Å². The average molecular weight is 273 g/mol. The fourth-order valence-electron chi connectivity index (χ4n) is 2.34. The molecule has 20 heavy (non-hydrogen) atoms. The first-order chi connectivity index (χ1) is 9.46. The van der Waals surface area contributed by atoms with Gasteiger partial charge in [0.05, 0.1) is 7.11 Å². The number of benzene rings is 2. The molecule has 2 aromatic carbocycles. The van der Waals surface area contributed by atoms with Gasteiger partial charge in [-0.3, -0.25) is 0 Å². The Morgan fingerprint density at radius 2 is 1.75 bits per heavy atom. The van der Waals surface area contributed by atoms with Gasteiger partial charge >= 0.3 is 0 Å². The predicted molar refractivity (Wildman–Crippen MR) is 79.3 cm³/mol. The second-order valence-electron chi connectivity index (χ2n) is 5.46. The number of rotatable bonds is 4. The lowest BCUT2D eigenvalue weighted by Crippen LogP contribution is -2.33. The van der Waals surface area contributed by atoms with E-state index in [-0.39, 0.29) is 23.0 Å². The summed E-state index contributed by atoms with van der Waals surface area (Å²) in [4.78, 5) is 0. The molecule has 0 aliphatic heterocycles. The Hall–Kier alpha value is -1.87. The fourth-order valence-corrected chi connectivity index (χ4v) is 2.34. The van der Waals surface area contributed by atoms with Gasteiger partial charge < -0.3 is 10.5 Å². The standard InChI is InChI=1S/C17H20FNO/c1-17(2,13-7-5-4-6-8-13)16(19)12-9-10-15(20-3)14(18)11-12/h4-11,16H,19H2,1-3H3.